The summed E-state index contributed by atoms with van der Waals surface area (Å²) in [4.78, 5) is 22.8. The van der Waals surface area contributed by atoms with E-state index in [2.05, 4.69) is 36.8 Å². The number of aliphatic hydroxyl groups is 1. The molecule has 0 bridgehead atoms. The molecule has 0 amide bonds. The average Bonchev–Trinajstić information content (AvgIpc) is 3.20. The predicted octanol–water partition coefficient (Wildman–Crippen LogP) is 7.02. The van der Waals surface area contributed by atoms with E-state index >= 15 is 0 Å². The number of rotatable bonds is 8. The van der Waals surface area contributed by atoms with Gasteiger partial charge in [-0.15, -0.1) is 0 Å². The third-order valence-electron chi connectivity index (χ3n) is 8.95. The first kappa shape index (κ1) is 28.2. The van der Waals surface area contributed by atoms with Gasteiger partial charge in [0.05, 0.1) is 17.7 Å². The summed E-state index contributed by atoms with van der Waals surface area (Å²) in [6.45, 7) is 11.1. The first-order chi connectivity index (χ1) is 18.2. The Kier molecular flexibility index (Phi) is 9.19. The number of nitrogens with zero attached hydrogens (tertiary/aromatic N) is 2. The van der Waals surface area contributed by atoms with E-state index in [9.17, 15) is 9.90 Å². The maximum absolute atomic E-state index is 13.8. The minimum absolute atomic E-state index is 0.0830. The highest BCUT2D eigenvalue weighted by Crippen LogP contribution is 2.39. The van der Waals surface area contributed by atoms with E-state index in [1.807, 2.05) is 56.3 Å². The molecule has 204 valence electrons. The van der Waals surface area contributed by atoms with Gasteiger partial charge in [0.15, 0.2) is 5.78 Å². The van der Waals surface area contributed by atoms with E-state index in [-0.39, 0.29) is 23.8 Å². The topological polar surface area (TPSA) is 71.2 Å². The van der Waals surface area contributed by atoms with Crippen molar-refractivity contribution in [2.45, 2.75) is 90.4 Å². The quantitative estimate of drug-likeness (QED) is 0.303. The lowest BCUT2D eigenvalue weighted by Crippen LogP contribution is -2.25. The fourth-order valence-electron chi connectivity index (χ4n) is 6.15. The molecular formula is C33H44N2O3. The minimum Gasteiger partial charge on any atom is -0.490 e. The number of carbonyl (C=O) groups is 1. The van der Waals surface area contributed by atoms with Crippen LogP contribution in [-0.4, -0.2) is 42.0 Å². The normalized spacial score (nSPS) is 29.2. The largest absolute Gasteiger partial charge is 0.490 e. The molecule has 0 spiro atoms. The zero-order chi connectivity index (χ0) is 27.3. The maximum atomic E-state index is 13.8. The SMILES string of the molecule is CCC(C)(O)c1cccc(OC2CCC(C)C(CC(=O)c3ccccc3C3CN=CC=NC3C)C(C)C2)c1. The summed E-state index contributed by atoms with van der Waals surface area (Å²) >= 11 is 0. The molecule has 0 saturated heterocycles. The zero-order valence-corrected chi connectivity index (χ0v) is 23.6. The highest BCUT2D eigenvalue weighted by molar-refractivity contribution is 6.16. The van der Waals surface area contributed by atoms with Gasteiger partial charge in [-0.2, -0.15) is 0 Å². The smallest absolute Gasteiger partial charge is 0.163 e. The van der Waals surface area contributed by atoms with Crippen LogP contribution in [0.4, 0.5) is 0 Å². The number of Topliss-reactive ketones (excluding diaryl/α,β-unsaturated/α-hetero) is 1. The van der Waals surface area contributed by atoms with Crippen LogP contribution in [0.25, 0.3) is 0 Å². The van der Waals surface area contributed by atoms with E-state index < -0.39 is 5.60 Å². The van der Waals surface area contributed by atoms with Crippen LogP contribution in [0.15, 0.2) is 58.5 Å². The minimum atomic E-state index is -0.861. The Bertz CT molecular complexity index is 1150. The van der Waals surface area contributed by atoms with Gasteiger partial charge in [-0.05, 0) is 80.5 Å². The van der Waals surface area contributed by atoms with Crippen LogP contribution in [0.1, 0.15) is 94.1 Å². The van der Waals surface area contributed by atoms with Gasteiger partial charge in [-0.1, -0.05) is 57.2 Å². The molecule has 0 radical (unpaired) electrons. The van der Waals surface area contributed by atoms with Gasteiger partial charge >= 0.3 is 0 Å². The standard InChI is InChI=1S/C33H44N2O3/c1-6-33(5,37)25-10-9-11-26(19-25)38-27-15-14-22(2)30(23(3)18-27)20-32(36)29-13-8-7-12-28(29)31-21-34-16-17-35-24(31)4/h7-13,16-17,19,22-24,27,30-31,37H,6,14-15,18,20-21H2,1-5H3. The Morgan fingerprint density at radius 1 is 1.05 bits per heavy atom. The molecule has 2 aromatic carbocycles. The number of benzene rings is 2. The molecule has 2 aromatic rings. The zero-order valence-electron chi connectivity index (χ0n) is 23.6. The van der Waals surface area contributed by atoms with Crippen LogP contribution in [-0.2, 0) is 5.60 Å². The molecule has 2 aliphatic rings. The van der Waals surface area contributed by atoms with Gasteiger partial charge in [0.2, 0.25) is 0 Å². The Hall–Kier alpha value is -2.79. The summed E-state index contributed by atoms with van der Waals surface area (Å²) in [6, 6.07) is 16.0. The molecular weight excluding hydrogens is 472 g/mol. The van der Waals surface area contributed by atoms with Crippen LogP contribution in [0.5, 0.6) is 5.75 Å². The highest BCUT2D eigenvalue weighted by atomic mass is 16.5. The van der Waals surface area contributed by atoms with E-state index in [1.54, 1.807) is 12.4 Å². The maximum Gasteiger partial charge on any atom is 0.163 e. The van der Waals surface area contributed by atoms with Gasteiger partial charge in [-0.3, -0.25) is 14.8 Å². The van der Waals surface area contributed by atoms with Crippen molar-refractivity contribution < 1.29 is 14.6 Å². The molecule has 5 heteroatoms. The van der Waals surface area contributed by atoms with Crippen molar-refractivity contribution in [3.8, 4) is 5.75 Å². The number of ether oxygens (including phenoxy) is 1. The molecule has 1 fully saturated rings. The number of ketones is 1. The first-order valence-corrected chi connectivity index (χ1v) is 14.3. The van der Waals surface area contributed by atoms with Crippen LogP contribution in [0, 0.1) is 17.8 Å². The molecule has 7 unspecified atom stereocenters. The van der Waals surface area contributed by atoms with Gasteiger partial charge in [0, 0.05) is 36.9 Å². The Labute approximate surface area is 228 Å². The molecule has 1 N–H and O–H groups in total. The fourth-order valence-corrected chi connectivity index (χ4v) is 6.15. The van der Waals surface area contributed by atoms with Gasteiger partial charge < -0.3 is 9.84 Å². The third kappa shape index (κ3) is 6.61. The first-order valence-electron chi connectivity index (χ1n) is 14.3. The second-order valence-electron chi connectivity index (χ2n) is 11.7. The Morgan fingerprint density at radius 2 is 1.84 bits per heavy atom. The highest BCUT2D eigenvalue weighted by Gasteiger charge is 2.34. The van der Waals surface area contributed by atoms with Gasteiger partial charge in [-0.25, -0.2) is 0 Å². The lowest BCUT2D eigenvalue weighted by molar-refractivity contribution is 0.0525. The van der Waals surface area contributed by atoms with Crippen molar-refractivity contribution in [2.24, 2.45) is 27.7 Å². The molecule has 1 saturated carbocycles. The van der Waals surface area contributed by atoms with Gasteiger partial charge in [0.1, 0.15) is 5.75 Å². The monoisotopic (exact) mass is 516 g/mol. The number of hydrogen-bond acceptors (Lipinski definition) is 5. The molecule has 1 aliphatic carbocycles. The number of carbonyl (C=O) groups excluding carboxylic acids is 1. The molecule has 7 atom stereocenters. The molecule has 0 aromatic heterocycles. The molecule has 5 nitrogen and oxygen atoms in total. The molecule has 1 heterocycles. The average molecular weight is 517 g/mol. The molecule has 1 aliphatic heterocycles. The lowest BCUT2D eigenvalue weighted by Gasteiger charge is -2.28. The second-order valence-corrected chi connectivity index (χ2v) is 11.7. The van der Waals surface area contributed by atoms with Crippen molar-refractivity contribution in [1.82, 2.24) is 0 Å². The van der Waals surface area contributed by atoms with Crippen LogP contribution in [0.2, 0.25) is 0 Å². The van der Waals surface area contributed by atoms with Crippen molar-refractivity contribution >= 4 is 18.2 Å². The summed E-state index contributed by atoms with van der Waals surface area (Å²) in [5.74, 6) is 2.25. The third-order valence-corrected chi connectivity index (χ3v) is 8.95. The van der Waals surface area contributed by atoms with Crippen LogP contribution in [0.3, 0.4) is 0 Å². The van der Waals surface area contributed by atoms with Crippen molar-refractivity contribution in [3.05, 3.63) is 65.2 Å². The second kappa shape index (κ2) is 12.4. The fraction of sp³-hybridized carbons (Fsp3) is 0.545. The van der Waals surface area contributed by atoms with E-state index in [4.69, 9.17) is 4.74 Å². The molecule has 4 rings (SSSR count). The lowest BCUT2D eigenvalue weighted by atomic mass is 9.77. The summed E-state index contributed by atoms with van der Waals surface area (Å²) in [5.41, 5.74) is 1.92. The van der Waals surface area contributed by atoms with Gasteiger partial charge in [0.25, 0.3) is 0 Å². The summed E-state index contributed by atoms with van der Waals surface area (Å²) in [5, 5.41) is 10.7. The van der Waals surface area contributed by atoms with E-state index in [0.717, 1.165) is 41.7 Å². The van der Waals surface area contributed by atoms with Crippen molar-refractivity contribution in [2.75, 3.05) is 6.54 Å². The van der Waals surface area contributed by atoms with Crippen molar-refractivity contribution in [3.63, 3.8) is 0 Å². The van der Waals surface area contributed by atoms with Crippen LogP contribution < -0.4 is 4.74 Å². The summed E-state index contributed by atoms with van der Waals surface area (Å²) in [6.07, 6.45) is 7.75. The Morgan fingerprint density at radius 3 is 2.63 bits per heavy atom. The summed E-state index contributed by atoms with van der Waals surface area (Å²) < 4.78 is 6.47. The Balaban J connectivity index is 1.46. The van der Waals surface area contributed by atoms with E-state index in [0.29, 0.717) is 37.1 Å². The van der Waals surface area contributed by atoms with E-state index in [1.165, 1.54) is 0 Å². The van der Waals surface area contributed by atoms with Crippen molar-refractivity contribution in [1.29, 1.82) is 0 Å². The summed E-state index contributed by atoms with van der Waals surface area (Å²) in [7, 11) is 0. The van der Waals surface area contributed by atoms with Crippen LogP contribution >= 0.6 is 0 Å². The number of hydrogen-bond donors (Lipinski definition) is 1. The number of aliphatic imine (C=N–C) groups is 2. The predicted molar refractivity (Wildman–Crippen MR) is 156 cm³/mol. The molecule has 38 heavy (non-hydrogen) atoms.